The van der Waals surface area contributed by atoms with E-state index in [0.29, 0.717) is 36.2 Å². The Morgan fingerprint density at radius 2 is 2.03 bits per heavy atom. The number of carbonyl (C=O) groups excluding carboxylic acids is 2. The number of aromatic nitrogens is 2. The first-order valence-electron chi connectivity index (χ1n) is 11.6. The minimum atomic E-state index is -0.499. The highest BCUT2D eigenvalue weighted by molar-refractivity contribution is 6.04. The second-order valence-corrected chi connectivity index (χ2v) is 9.05. The third kappa shape index (κ3) is 5.30. The summed E-state index contributed by atoms with van der Waals surface area (Å²) < 4.78 is 7.37. The van der Waals surface area contributed by atoms with Gasteiger partial charge in [0.05, 0.1) is 12.3 Å². The maximum Gasteiger partial charge on any atom is 0.256 e. The lowest BCUT2D eigenvalue weighted by atomic mass is 9.99. The minimum Gasteiger partial charge on any atom is -0.494 e. The van der Waals surface area contributed by atoms with Gasteiger partial charge in [-0.3, -0.25) is 14.9 Å². The molecule has 2 aliphatic rings. The molecule has 1 saturated carbocycles. The second kappa shape index (κ2) is 9.73. The summed E-state index contributed by atoms with van der Waals surface area (Å²) in [5.41, 5.74) is 1.48. The van der Waals surface area contributed by atoms with Crippen molar-refractivity contribution in [1.82, 2.24) is 20.4 Å². The molecule has 8 heteroatoms. The lowest BCUT2D eigenvalue weighted by Gasteiger charge is -2.34. The SMILES string of the molecule is CCCCOc1ccc(C(=O)Nc2cc(C3CC3)nn2C2NC(=O)CC(C(C)C)N2)cc1. The number of nitrogens with zero attached hydrogens (tertiary/aromatic N) is 2. The molecule has 1 saturated heterocycles. The Hall–Kier alpha value is -2.87. The lowest BCUT2D eigenvalue weighted by molar-refractivity contribution is -0.126. The van der Waals surface area contributed by atoms with Crippen LogP contribution in [0.4, 0.5) is 5.82 Å². The number of benzene rings is 1. The van der Waals surface area contributed by atoms with Crippen molar-refractivity contribution >= 4 is 17.6 Å². The van der Waals surface area contributed by atoms with Gasteiger partial charge in [0, 0.05) is 30.0 Å². The summed E-state index contributed by atoms with van der Waals surface area (Å²) in [6.07, 6.45) is 4.20. The van der Waals surface area contributed by atoms with Crippen molar-refractivity contribution in [3.05, 3.63) is 41.6 Å². The third-order valence-electron chi connectivity index (χ3n) is 6.00. The zero-order chi connectivity index (χ0) is 22.7. The number of anilines is 1. The van der Waals surface area contributed by atoms with Crippen molar-refractivity contribution in [2.75, 3.05) is 11.9 Å². The smallest absolute Gasteiger partial charge is 0.256 e. The molecule has 1 aromatic carbocycles. The van der Waals surface area contributed by atoms with Gasteiger partial charge >= 0.3 is 0 Å². The maximum atomic E-state index is 13.0. The van der Waals surface area contributed by atoms with E-state index >= 15 is 0 Å². The summed E-state index contributed by atoms with van der Waals surface area (Å²) in [7, 11) is 0. The van der Waals surface area contributed by atoms with E-state index in [1.165, 1.54) is 0 Å². The van der Waals surface area contributed by atoms with Crippen LogP contribution < -0.4 is 20.7 Å². The van der Waals surface area contributed by atoms with E-state index in [1.807, 2.05) is 18.2 Å². The Labute approximate surface area is 189 Å². The van der Waals surface area contributed by atoms with Gasteiger partial charge in [-0.1, -0.05) is 27.2 Å². The molecule has 2 unspecified atom stereocenters. The molecule has 1 aliphatic heterocycles. The van der Waals surface area contributed by atoms with Gasteiger partial charge in [-0.15, -0.1) is 0 Å². The molecule has 172 valence electrons. The molecule has 1 aliphatic carbocycles. The third-order valence-corrected chi connectivity index (χ3v) is 6.00. The fraction of sp³-hybridized carbons (Fsp3) is 0.542. The first-order valence-corrected chi connectivity index (χ1v) is 11.6. The second-order valence-electron chi connectivity index (χ2n) is 9.05. The highest BCUT2D eigenvalue weighted by Crippen LogP contribution is 2.40. The molecular formula is C24H33N5O3. The lowest BCUT2D eigenvalue weighted by Crippen LogP contribution is -2.55. The van der Waals surface area contributed by atoms with Crippen LogP contribution in [0.25, 0.3) is 0 Å². The molecule has 0 spiro atoms. The van der Waals surface area contributed by atoms with Crippen molar-refractivity contribution in [3.8, 4) is 5.75 Å². The Kier molecular flexibility index (Phi) is 6.79. The monoisotopic (exact) mass is 439 g/mol. The fourth-order valence-electron chi connectivity index (χ4n) is 3.78. The van der Waals surface area contributed by atoms with Crippen LogP contribution >= 0.6 is 0 Å². The maximum absolute atomic E-state index is 13.0. The molecule has 0 radical (unpaired) electrons. The average Bonchev–Trinajstić information content (AvgIpc) is 3.54. The largest absolute Gasteiger partial charge is 0.494 e. The number of hydrogen-bond donors (Lipinski definition) is 3. The minimum absolute atomic E-state index is 0.0214. The van der Waals surface area contributed by atoms with Gasteiger partial charge in [0.1, 0.15) is 11.6 Å². The van der Waals surface area contributed by atoms with E-state index in [0.717, 1.165) is 37.1 Å². The summed E-state index contributed by atoms with van der Waals surface area (Å²) in [6, 6.07) is 9.11. The van der Waals surface area contributed by atoms with Crippen LogP contribution in [0, 0.1) is 5.92 Å². The summed E-state index contributed by atoms with van der Waals surface area (Å²) in [5, 5.41) is 14.1. The molecule has 1 aromatic heterocycles. The van der Waals surface area contributed by atoms with E-state index in [4.69, 9.17) is 9.84 Å². The summed E-state index contributed by atoms with van der Waals surface area (Å²) in [4.78, 5) is 25.3. The molecule has 2 amide bonds. The molecule has 2 heterocycles. The van der Waals surface area contributed by atoms with Crippen molar-refractivity contribution in [2.24, 2.45) is 5.92 Å². The van der Waals surface area contributed by atoms with E-state index in [-0.39, 0.29) is 17.9 Å². The van der Waals surface area contributed by atoms with E-state index in [9.17, 15) is 9.59 Å². The normalized spacial score (nSPS) is 20.8. The van der Waals surface area contributed by atoms with Crippen molar-refractivity contribution in [2.45, 2.75) is 71.1 Å². The van der Waals surface area contributed by atoms with Crippen molar-refractivity contribution < 1.29 is 14.3 Å². The van der Waals surface area contributed by atoms with Gasteiger partial charge in [0.25, 0.3) is 5.91 Å². The summed E-state index contributed by atoms with van der Waals surface area (Å²) in [6.45, 7) is 6.96. The molecule has 3 N–H and O–H groups in total. The van der Waals surface area contributed by atoms with Crippen LogP contribution in [0.5, 0.6) is 5.75 Å². The van der Waals surface area contributed by atoms with E-state index in [1.54, 1.807) is 16.8 Å². The number of ether oxygens (including phenoxy) is 1. The predicted octanol–water partition coefficient (Wildman–Crippen LogP) is 3.78. The van der Waals surface area contributed by atoms with Crippen molar-refractivity contribution in [3.63, 3.8) is 0 Å². The number of unbranched alkanes of at least 4 members (excludes halogenated alkanes) is 1. The topological polar surface area (TPSA) is 97.3 Å². The zero-order valence-electron chi connectivity index (χ0n) is 19.1. The highest BCUT2D eigenvalue weighted by Gasteiger charge is 2.33. The Balaban J connectivity index is 1.50. The van der Waals surface area contributed by atoms with Gasteiger partial charge in [0.2, 0.25) is 5.91 Å². The van der Waals surface area contributed by atoms with Gasteiger partial charge in [0.15, 0.2) is 6.29 Å². The summed E-state index contributed by atoms with van der Waals surface area (Å²) in [5.74, 6) is 1.81. The van der Waals surface area contributed by atoms with E-state index in [2.05, 4.69) is 36.7 Å². The standard InChI is InChI=1S/C24H33N5O3/c1-4-5-12-32-18-10-8-17(9-11-18)23(31)26-21-13-20(16-6-7-16)28-29(21)24-25-19(15(2)3)14-22(30)27-24/h8-11,13,15-16,19,24-25H,4-7,12,14H2,1-3H3,(H,26,31)(H,27,30). The predicted molar refractivity (Wildman–Crippen MR) is 123 cm³/mol. The zero-order valence-corrected chi connectivity index (χ0v) is 19.1. The molecule has 2 atom stereocenters. The van der Waals surface area contributed by atoms with Gasteiger partial charge in [-0.25, -0.2) is 4.68 Å². The Morgan fingerprint density at radius 3 is 2.69 bits per heavy atom. The van der Waals surface area contributed by atoms with Crippen LogP contribution in [-0.4, -0.2) is 34.2 Å². The van der Waals surface area contributed by atoms with Crippen LogP contribution in [-0.2, 0) is 4.79 Å². The molecule has 0 bridgehead atoms. The molecular weight excluding hydrogens is 406 g/mol. The first-order chi connectivity index (χ1) is 15.4. The van der Waals surface area contributed by atoms with E-state index < -0.39 is 6.29 Å². The molecule has 32 heavy (non-hydrogen) atoms. The number of rotatable bonds is 9. The molecule has 2 aromatic rings. The number of amides is 2. The number of nitrogens with one attached hydrogen (secondary N) is 3. The van der Waals surface area contributed by atoms with Gasteiger partial charge < -0.3 is 15.4 Å². The van der Waals surface area contributed by atoms with Gasteiger partial charge in [-0.05, 0) is 49.4 Å². The Bertz CT molecular complexity index is 949. The van der Waals surface area contributed by atoms with Crippen LogP contribution in [0.15, 0.2) is 30.3 Å². The quantitative estimate of drug-likeness (QED) is 0.517. The van der Waals surface area contributed by atoms with Crippen LogP contribution in [0.2, 0.25) is 0 Å². The first kappa shape index (κ1) is 22.3. The van der Waals surface area contributed by atoms with Crippen LogP contribution in [0.3, 0.4) is 0 Å². The van der Waals surface area contributed by atoms with Gasteiger partial charge in [-0.2, -0.15) is 5.10 Å². The summed E-state index contributed by atoms with van der Waals surface area (Å²) >= 11 is 0. The molecule has 8 nitrogen and oxygen atoms in total. The number of hydrogen-bond acceptors (Lipinski definition) is 5. The molecule has 4 rings (SSSR count). The molecule has 2 fully saturated rings. The fourth-order valence-corrected chi connectivity index (χ4v) is 3.78. The number of carbonyl (C=O) groups is 2. The highest BCUT2D eigenvalue weighted by atomic mass is 16.5. The Morgan fingerprint density at radius 1 is 1.28 bits per heavy atom. The average molecular weight is 440 g/mol. The van der Waals surface area contributed by atoms with Crippen LogP contribution in [0.1, 0.15) is 81.1 Å². The van der Waals surface area contributed by atoms with Crippen molar-refractivity contribution in [1.29, 1.82) is 0 Å².